The Balaban J connectivity index is 2.62. The van der Waals surface area contributed by atoms with Gasteiger partial charge in [0.1, 0.15) is 5.82 Å². The number of benzene rings is 1. The first-order chi connectivity index (χ1) is 8.67. The standard InChI is InChI=1S/C14H21BrFNO/c1-3-7-17-13(10-18-4-2)8-11-5-6-12(16)9-14(11)15/h5-6,9,13,17H,3-4,7-8,10H2,1-2H3. The zero-order valence-corrected chi connectivity index (χ0v) is 12.6. The second kappa shape index (κ2) is 8.62. The van der Waals surface area contributed by atoms with Crippen LogP contribution in [0.1, 0.15) is 25.8 Å². The highest BCUT2D eigenvalue weighted by Gasteiger charge is 2.11. The molecular weight excluding hydrogens is 297 g/mol. The summed E-state index contributed by atoms with van der Waals surface area (Å²) in [5, 5.41) is 3.45. The molecule has 2 nitrogen and oxygen atoms in total. The van der Waals surface area contributed by atoms with E-state index in [1.165, 1.54) is 12.1 Å². The van der Waals surface area contributed by atoms with Gasteiger partial charge in [-0.2, -0.15) is 0 Å². The van der Waals surface area contributed by atoms with Gasteiger partial charge in [-0.05, 0) is 44.0 Å². The monoisotopic (exact) mass is 317 g/mol. The van der Waals surface area contributed by atoms with E-state index in [-0.39, 0.29) is 11.9 Å². The Kier molecular flexibility index (Phi) is 7.47. The summed E-state index contributed by atoms with van der Waals surface area (Å²) in [5.41, 5.74) is 1.10. The van der Waals surface area contributed by atoms with Gasteiger partial charge in [0.25, 0.3) is 0 Å². The fourth-order valence-corrected chi connectivity index (χ4v) is 2.26. The lowest BCUT2D eigenvalue weighted by atomic mass is 10.1. The second-order valence-corrected chi connectivity index (χ2v) is 5.10. The first kappa shape index (κ1) is 15.6. The topological polar surface area (TPSA) is 21.3 Å². The van der Waals surface area contributed by atoms with Crippen molar-refractivity contribution in [2.45, 2.75) is 32.7 Å². The van der Waals surface area contributed by atoms with E-state index in [4.69, 9.17) is 4.74 Å². The van der Waals surface area contributed by atoms with E-state index < -0.39 is 0 Å². The van der Waals surface area contributed by atoms with Crippen molar-refractivity contribution in [3.8, 4) is 0 Å². The van der Waals surface area contributed by atoms with E-state index in [2.05, 4.69) is 28.2 Å². The van der Waals surface area contributed by atoms with Crippen LogP contribution < -0.4 is 5.32 Å². The smallest absolute Gasteiger partial charge is 0.124 e. The lowest BCUT2D eigenvalue weighted by Crippen LogP contribution is -2.36. The molecule has 102 valence electrons. The third-order valence-electron chi connectivity index (χ3n) is 2.69. The quantitative estimate of drug-likeness (QED) is 0.792. The Morgan fingerprint density at radius 1 is 1.39 bits per heavy atom. The largest absolute Gasteiger partial charge is 0.380 e. The van der Waals surface area contributed by atoms with Crippen LogP contribution in [0.4, 0.5) is 4.39 Å². The van der Waals surface area contributed by atoms with E-state index in [9.17, 15) is 4.39 Å². The average Bonchev–Trinajstić information content (AvgIpc) is 2.35. The summed E-state index contributed by atoms with van der Waals surface area (Å²) in [6.45, 7) is 6.50. The molecule has 1 unspecified atom stereocenters. The van der Waals surface area contributed by atoms with E-state index in [1.807, 2.05) is 13.0 Å². The number of hydrogen-bond acceptors (Lipinski definition) is 2. The third-order valence-corrected chi connectivity index (χ3v) is 3.43. The van der Waals surface area contributed by atoms with Crippen molar-refractivity contribution in [2.24, 2.45) is 0 Å². The summed E-state index contributed by atoms with van der Waals surface area (Å²) >= 11 is 3.40. The van der Waals surface area contributed by atoms with E-state index >= 15 is 0 Å². The van der Waals surface area contributed by atoms with E-state index in [0.29, 0.717) is 6.61 Å². The highest BCUT2D eigenvalue weighted by Crippen LogP contribution is 2.19. The van der Waals surface area contributed by atoms with Gasteiger partial charge in [-0.25, -0.2) is 4.39 Å². The lowest BCUT2D eigenvalue weighted by Gasteiger charge is -2.19. The molecule has 0 aliphatic carbocycles. The summed E-state index contributed by atoms with van der Waals surface area (Å²) in [4.78, 5) is 0. The van der Waals surface area contributed by atoms with Crippen molar-refractivity contribution in [3.63, 3.8) is 0 Å². The number of halogens is 2. The summed E-state index contributed by atoms with van der Waals surface area (Å²) in [7, 11) is 0. The zero-order valence-electron chi connectivity index (χ0n) is 11.0. The van der Waals surface area contributed by atoms with E-state index in [1.54, 1.807) is 0 Å². The normalized spacial score (nSPS) is 12.7. The minimum Gasteiger partial charge on any atom is -0.380 e. The first-order valence-electron chi connectivity index (χ1n) is 6.42. The van der Waals surface area contributed by atoms with Crippen LogP contribution in [0.3, 0.4) is 0 Å². The average molecular weight is 318 g/mol. The molecule has 0 fully saturated rings. The van der Waals surface area contributed by atoms with Crippen LogP contribution in [-0.4, -0.2) is 25.8 Å². The fraction of sp³-hybridized carbons (Fsp3) is 0.571. The minimum atomic E-state index is -0.214. The van der Waals surface area contributed by atoms with Crippen LogP contribution in [0.2, 0.25) is 0 Å². The fourth-order valence-electron chi connectivity index (χ4n) is 1.75. The maximum absolute atomic E-state index is 13.0. The molecule has 1 N–H and O–H groups in total. The molecule has 1 rings (SSSR count). The van der Waals surface area contributed by atoms with Crippen molar-refractivity contribution in [2.75, 3.05) is 19.8 Å². The summed E-state index contributed by atoms with van der Waals surface area (Å²) in [5.74, 6) is -0.214. The molecule has 0 radical (unpaired) electrons. The number of rotatable bonds is 8. The van der Waals surface area contributed by atoms with Gasteiger partial charge in [0.2, 0.25) is 0 Å². The van der Waals surface area contributed by atoms with E-state index in [0.717, 1.165) is 36.0 Å². The van der Waals surface area contributed by atoms with Gasteiger partial charge in [-0.1, -0.05) is 28.9 Å². The molecule has 1 aromatic rings. The van der Waals surface area contributed by atoms with Crippen LogP contribution in [0.15, 0.2) is 22.7 Å². The predicted octanol–water partition coefficient (Wildman–Crippen LogP) is 3.54. The van der Waals surface area contributed by atoms with Crippen molar-refractivity contribution in [3.05, 3.63) is 34.1 Å². The first-order valence-corrected chi connectivity index (χ1v) is 7.21. The van der Waals surface area contributed by atoms with Gasteiger partial charge in [-0.3, -0.25) is 0 Å². The van der Waals surface area contributed by atoms with Crippen molar-refractivity contribution < 1.29 is 9.13 Å². The maximum Gasteiger partial charge on any atom is 0.124 e. The summed E-state index contributed by atoms with van der Waals surface area (Å²) < 4.78 is 19.3. The van der Waals surface area contributed by atoms with Gasteiger partial charge in [0, 0.05) is 17.1 Å². The van der Waals surface area contributed by atoms with Crippen LogP contribution in [0, 0.1) is 5.82 Å². The summed E-state index contributed by atoms with van der Waals surface area (Å²) in [6, 6.07) is 5.10. The molecule has 0 aromatic heterocycles. The molecule has 1 aromatic carbocycles. The molecule has 4 heteroatoms. The Bertz CT molecular complexity index is 352. The molecule has 1 atom stereocenters. The third kappa shape index (κ3) is 5.46. The lowest BCUT2D eigenvalue weighted by molar-refractivity contribution is 0.122. The number of hydrogen-bond donors (Lipinski definition) is 1. The molecule has 0 aliphatic heterocycles. The van der Waals surface area contributed by atoms with Gasteiger partial charge >= 0.3 is 0 Å². The predicted molar refractivity (Wildman–Crippen MR) is 76.4 cm³/mol. The zero-order chi connectivity index (χ0) is 13.4. The molecule has 0 heterocycles. The van der Waals surface area contributed by atoms with Crippen LogP contribution >= 0.6 is 15.9 Å². The van der Waals surface area contributed by atoms with Crippen LogP contribution in [0.5, 0.6) is 0 Å². The SMILES string of the molecule is CCCNC(COCC)Cc1ccc(F)cc1Br. The Morgan fingerprint density at radius 3 is 2.78 bits per heavy atom. The second-order valence-electron chi connectivity index (χ2n) is 4.25. The molecule has 18 heavy (non-hydrogen) atoms. The Morgan fingerprint density at radius 2 is 2.17 bits per heavy atom. The number of ether oxygens (including phenoxy) is 1. The maximum atomic E-state index is 13.0. The van der Waals surface area contributed by atoms with Gasteiger partial charge < -0.3 is 10.1 Å². The molecular formula is C14H21BrFNO. The van der Waals surface area contributed by atoms with Gasteiger partial charge in [0.05, 0.1) is 6.61 Å². The highest BCUT2D eigenvalue weighted by atomic mass is 79.9. The Hall–Kier alpha value is -0.450. The highest BCUT2D eigenvalue weighted by molar-refractivity contribution is 9.10. The molecule has 0 saturated heterocycles. The molecule has 0 saturated carbocycles. The minimum absolute atomic E-state index is 0.214. The molecule has 0 spiro atoms. The molecule has 0 aliphatic rings. The van der Waals surface area contributed by atoms with Gasteiger partial charge in [-0.15, -0.1) is 0 Å². The van der Waals surface area contributed by atoms with Crippen molar-refractivity contribution in [1.29, 1.82) is 0 Å². The van der Waals surface area contributed by atoms with Crippen molar-refractivity contribution >= 4 is 15.9 Å². The number of nitrogens with one attached hydrogen (secondary N) is 1. The van der Waals surface area contributed by atoms with Crippen LogP contribution in [-0.2, 0) is 11.2 Å². The van der Waals surface area contributed by atoms with Crippen molar-refractivity contribution in [1.82, 2.24) is 5.32 Å². The molecule has 0 bridgehead atoms. The molecule has 0 amide bonds. The Labute approximate surface area is 117 Å². The van der Waals surface area contributed by atoms with Crippen LogP contribution in [0.25, 0.3) is 0 Å². The summed E-state index contributed by atoms with van der Waals surface area (Å²) in [6.07, 6.45) is 1.92. The van der Waals surface area contributed by atoms with Gasteiger partial charge in [0.15, 0.2) is 0 Å².